The lowest BCUT2D eigenvalue weighted by molar-refractivity contribution is -1.02. The van der Waals surface area contributed by atoms with Gasteiger partial charge in [0.15, 0.2) is 18.0 Å². The monoisotopic (exact) mass is 391 g/mol. The number of ether oxygens (including phenoxy) is 2. The summed E-state index contributed by atoms with van der Waals surface area (Å²) in [6, 6.07) is 6.23. The Labute approximate surface area is 169 Å². The Hall–Kier alpha value is -1.79. The Balaban J connectivity index is 1.42. The highest BCUT2D eigenvalue weighted by Gasteiger charge is 2.30. The van der Waals surface area contributed by atoms with Gasteiger partial charge in [0.25, 0.3) is 5.91 Å². The smallest absolute Gasteiger partial charge is 0.275 e. The summed E-state index contributed by atoms with van der Waals surface area (Å²) in [6.07, 6.45) is 0.967. The highest BCUT2D eigenvalue weighted by molar-refractivity contribution is 5.77. The van der Waals surface area contributed by atoms with Crippen LogP contribution in [0.5, 0.6) is 11.5 Å². The van der Waals surface area contributed by atoms with E-state index < -0.39 is 0 Å². The molecular formula is C22H37N3O3+2. The molecule has 1 fully saturated rings. The first-order valence-corrected chi connectivity index (χ1v) is 10.5. The molecule has 1 aromatic carbocycles. The molecule has 0 spiro atoms. The van der Waals surface area contributed by atoms with Crippen LogP contribution in [0.1, 0.15) is 46.6 Å². The third-order valence-corrected chi connectivity index (χ3v) is 5.42. The summed E-state index contributed by atoms with van der Waals surface area (Å²) in [7, 11) is 0. The van der Waals surface area contributed by atoms with Gasteiger partial charge in [-0.2, -0.15) is 0 Å². The van der Waals surface area contributed by atoms with Gasteiger partial charge in [0.05, 0.1) is 0 Å². The summed E-state index contributed by atoms with van der Waals surface area (Å²) in [5, 5.41) is 3.24. The number of quaternary nitrogens is 2. The number of hydrogen-bond donors (Lipinski definition) is 3. The lowest BCUT2D eigenvalue weighted by Gasteiger charge is -2.34. The third kappa shape index (κ3) is 6.11. The van der Waals surface area contributed by atoms with Crippen LogP contribution in [0, 0.1) is 5.41 Å². The Kier molecular flexibility index (Phi) is 6.20. The average molecular weight is 392 g/mol. The number of hydrogen-bond acceptors (Lipinski definition) is 3. The number of rotatable bonds is 6. The SMILES string of the molecule is CC(C)(C)CC(C)(C)NC(=O)C[NH+]1CC[NH+](Cc2ccc3c(c2)OCO3)CC1. The van der Waals surface area contributed by atoms with Crippen molar-refractivity contribution in [3.63, 3.8) is 0 Å². The highest BCUT2D eigenvalue weighted by Crippen LogP contribution is 2.32. The molecule has 3 rings (SSSR count). The fourth-order valence-corrected chi connectivity index (χ4v) is 4.67. The van der Waals surface area contributed by atoms with E-state index >= 15 is 0 Å². The fraction of sp³-hybridized carbons (Fsp3) is 0.682. The Bertz CT molecular complexity index is 689. The number of fused-ring (bicyclic) bond motifs is 1. The van der Waals surface area contributed by atoms with Gasteiger partial charge in [-0.1, -0.05) is 20.8 Å². The second-order valence-corrected chi connectivity index (χ2v) is 10.2. The maximum atomic E-state index is 12.5. The molecule has 156 valence electrons. The molecule has 1 aromatic rings. The minimum Gasteiger partial charge on any atom is -0.454 e. The van der Waals surface area contributed by atoms with Gasteiger partial charge in [0.1, 0.15) is 32.7 Å². The second kappa shape index (κ2) is 8.29. The first-order chi connectivity index (χ1) is 13.1. The molecule has 6 heteroatoms. The average Bonchev–Trinajstić information content (AvgIpc) is 3.01. The molecule has 6 nitrogen and oxygen atoms in total. The van der Waals surface area contributed by atoms with Crippen molar-refractivity contribution in [2.24, 2.45) is 5.41 Å². The summed E-state index contributed by atoms with van der Waals surface area (Å²) in [6.45, 7) is 17.0. The molecular weight excluding hydrogens is 354 g/mol. The number of carbonyl (C=O) groups excluding carboxylic acids is 1. The van der Waals surface area contributed by atoms with Crippen LogP contribution >= 0.6 is 0 Å². The van der Waals surface area contributed by atoms with Crippen LogP contribution in [0.4, 0.5) is 0 Å². The van der Waals surface area contributed by atoms with Crippen molar-refractivity contribution in [2.75, 3.05) is 39.5 Å². The van der Waals surface area contributed by atoms with Crippen LogP contribution in [0.25, 0.3) is 0 Å². The molecule has 0 aliphatic carbocycles. The van der Waals surface area contributed by atoms with E-state index in [2.05, 4.69) is 52.1 Å². The fourth-order valence-electron chi connectivity index (χ4n) is 4.67. The van der Waals surface area contributed by atoms with Crippen molar-refractivity contribution >= 4 is 5.91 Å². The van der Waals surface area contributed by atoms with Crippen LogP contribution in [0.15, 0.2) is 18.2 Å². The highest BCUT2D eigenvalue weighted by atomic mass is 16.7. The topological polar surface area (TPSA) is 56.4 Å². The molecule has 0 aromatic heterocycles. The summed E-state index contributed by atoms with van der Waals surface area (Å²) >= 11 is 0. The normalized spacial score (nSPS) is 22.2. The molecule has 0 bridgehead atoms. The van der Waals surface area contributed by atoms with Gasteiger partial charge in [-0.25, -0.2) is 0 Å². The van der Waals surface area contributed by atoms with Crippen molar-refractivity contribution in [3.05, 3.63) is 23.8 Å². The number of nitrogens with one attached hydrogen (secondary N) is 3. The standard InChI is InChI=1S/C22H35N3O3/c1-21(2,3)15-22(4,5)23-20(26)14-25-10-8-24(9-11-25)13-17-6-7-18-19(12-17)28-16-27-18/h6-7,12H,8-11,13-16H2,1-5H3,(H,23,26)/p+2. The van der Waals surface area contributed by atoms with Crippen LogP contribution in [0.3, 0.4) is 0 Å². The van der Waals surface area contributed by atoms with Crippen molar-refractivity contribution in [1.82, 2.24) is 5.32 Å². The second-order valence-electron chi connectivity index (χ2n) is 10.2. The first-order valence-electron chi connectivity index (χ1n) is 10.5. The molecule has 0 atom stereocenters. The quantitative estimate of drug-likeness (QED) is 0.641. The molecule has 1 saturated heterocycles. The van der Waals surface area contributed by atoms with E-state index in [0.29, 0.717) is 13.3 Å². The lowest BCUT2D eigenvalue weighted by Crippen LogP contribution is -3.28. The molecule has 2 aliphatic rings. The van der Waals surface area contributed by atoms with Gasteiger partial charge in [0, 0.05) is 11.1 Å². The molecule has 0 radical (unpaired) electrons. The Morgan fingerprint density at radius 3 is 2.32 bits per heavy atom. The van der Waals surface area contributed by atoms with Gasteiger partial charge >= 0.3 is 0 Å². The van der Waals surface area contributed by atoms with Crippen molar-refractivity contribution < 1.29 is 24.1 Å². The third-order valence-electron chi connectivity index (χ3n) is 5.42. The van der Waals surface area contributed by atoms with Gasteiger partial charge in [-0.05, 0) is 43.9 Å². The minimum absolute atomic E-state index is 0.165. The molecule has 2 heterocycles. The number of benzene rings is 1. The largest absolute Gasteiger partial charge is 0.454 e. The maximum Gasteiger partial charge on any atom is 0.275 e. The van der Waals surface area contributed by atoms with Gasteiger partial charge < -0.3 is 24.6 Å². The van der Waals surface area contributed by atoms with E-state index in [0.717, 1.165) is 50.6 Å². The molecule has 1 amide bonds. The predicted molar refractivity (Wildman–Crippen MR) is 109 cm³/mol. The molecule has 28 heavy (non-hydrogen) atoms. The predicted octanol–water partition coefficient (Wildman–Crippen LogP) is 0.0297. The first kappa shape index (κ1) is 20.9. The van der Waals surface area contributed by atoms with Crippen LogP contribution < -0.4 is 24.6 Å². The van der Waals surface area contributed by atoms with Crippen LogP contribution in [-0.2, 0) is 11.3 Å². The van der Waals surface area contributed by atoms with E-state index in [-0.39, 0.29) is 16.9 Å². The van der Waals surface area contributed by atoms with E-state index in [9.17, 15) is 4.79 Å². The zero-order chi connectivity index (χ0) is 20.4. The van der Waals surface area contributed by atoms with Crippen molar-refractivity contribution in [1.29, 1.82) is 0 Å². The van der Waals surface area contributed by atoms with E-state index in [1.807, 2.05) is 6.07 Å². The van der Waals surface area contributed by atoms with Gasteiger partial charge in [0.2, 0.25) is 6.79 Å². The zero-order valence-corrected chi connectivity index (χ0v) is 18.1. The number of amides is 1. The van der Waals surface area contributed by atoms with Gasteiger partial charge in [-0.3, -0.25) is 4.79 Å². The molecule has 3 N–H and O–H groups in total. The zero-order valence-electron chi connectivity index (χ0n) is 18.1. The van der Waals surface area contributed by atoms with E-state index in [1.54, 1.807) is 4.90 Å². The summed E-state index contributed by atoms with van der Waals surface area (Å²) < 4.78 is 10.9. The molecule has 2 aliphatic heterocycles. The summed E-state index contributed by atoms with van der Waals surface area (Å²) in [5.74, 6) is 1.87. The van der Waals surface area contributed by atoms with E-state index in [4.69, 9.17) is 9.47 Å². The number of carbonyl (C=O) groups is 1. The van der Waals surface area contributed by atoms with Crippen LogP contribution in [0.2, 0.25) is 0 Å². The minimum atomic E-state index is -0.165. The maximum absolute atomic E-state index is 12.5. The Morgan fingerprint density at radius 1 is 1.00 bits per heavy atom. The summed E-state index contributed by atoms with van der Waals surface area (Å²) in [5.41, 5.74) is 1.32. The van der Waals surface area contributed by atoms with E-state index in [1.165, 1.54) is 10.5 Å². The molecule has 0 saturated carbocycles. The molecule has 0 unspecified atom stereocenters. The van der Waals surface area contributed by atoms with Crippen LogP contribution in [-0.4, -0.2) is 51.0 Å². The lowest BCUT2D eigenvalue weighted by atomic mass is 9.82. The van der Waals surface area contributed by atoms with Crippen molar-refractivity contribution in [3.8, 4) is 11.5 Å². The number of piperazine rings is 1. The Morgan fingerprint density at radius 2 is 1.64 bits per heavy atom. The van der Waals surface area contributed by atoms with Crippen molar-refractivity contribution in [2.45, 2.75) is 53.1 Å². The van der Waals surface area contributed by atoms with Gasteiger partial charge in [-0.15, -0.1) is 0 Å². The summed E-state index contributed by atoms with van der Waals surface area (Å²) in [4.78, 5) is 15.5.